The lowest BCUT2D eigenvalue weighted by molar-refractivity contribution is 0.338. The number of aryl methyl sites for hydroxylation is 1. The summed E-state index contributed by atoms with van der Waals surface area (Å²) in [7, 11) is 0. The van der Waals surface area contributed by atoms with Crippen molar-refractivity contribution in [2.24, 2.45) is 5.92 Å². The van der Waals surface area contributed by atoms with Crippen molar-refractivity contribution in [2.45, 2.75) is 44.9 Å². The average molecular weight is 308 g/mol. The molecule has 0 bridgehead atoms. The van der Waals surface area contributed by atoms with Gasteiger partial charge in [0, 0.05) is 18.6 Å². The van der Waals surface area contributed by atoms with Gasteiger partial charge in [-0.05, 0) is 34.7 Å². The van der Waals surface area contributed by atoms with Gasteiger partial charge in [0.1, 0.15) is 4.60 Å². The average Bonchev–Trinajstić information content (AvgIpc) is 2.85. The predicted molar refractivity (Wildman–Crippen MR) is 75.6 cm³/mol. The molecule has 3 nitrogen and oxygen atoms in total. The van der Waals surface area contributed by atoms with Crippen LogP contribution in [0.1, 0.15) is 44.2 Å². The zero-order chi connectivity index (χ0) is 12.4. The molecule has 0 aromatic carbocycles. The smallest absolute Gasteiger partial charge is 0.158 e. The molecular weight excluding hydrogens is 290 g/mol. The Kier molecular flexibility index (Phi) is 3.64. The summed E-state index contributed by atoms with van der Waals surface area (Å²) in [5.74, 6) is 0.898. The Morgan fingerprint density at radius 2 is 2.11 bits per heavy atom. The predicted octanol–water partition coefficient (Wildman–Crippen LogP) is 4.00. The molecule has 0 saturated heterocycles. The van der Waals surface area contributed by atoms with Gasteiger partial charge >= 0.3 is 0 Å². The maximum absolute atomic E-state index is 4.59. The zero-order valence-corrected chi connectivity index (χ0v) is 12.1. The number of nitrogens with zero attached hydrogens (tertiary/aromatic N) is 3. The van der Waals surface area contributed by atoms with Crippen LogP contribution in [0.5, 0.6) is 0 Å². The highest BCUT2D eigenvalue weighted by atomic mass is 79.9. The lowest BCUT2D eigenvalue weighted by Crippen LogP contribution is -2.08. The van der Waals surface area contributed by atoms with Crippen LogP contribution in [0, 0.1) is 5.92 Å². The molecule has 0 unspecified atom stereocenters. The van der Waals surface area contributed by atoms with Gasteiger partial charge in [0.05, 0.1) is 5.69 Å². The third kappa shape index (κ3) is 2.58. The number of rotatable bonds is 3. The second-order valence-electron chi connectivity index (χ2n) is 5.21. The first-order chi connectivity index (χ1) is 8.83. The van der Waals surface area contributed by atoms with E-state index in [1.54, 1.807) is 0 Å². The minimum Gasteiger partial charge on any atom is -0.303 e. The Morgan fingerprint density at radius 1 is 1.28 bits per heavy atom. The second kappa shape index (κ2) is 5.39. The van der Waals surface area contributed by atoms with Crippen molar-refractivity contribution in [1.82, 2.24) is 14.4 Å². The summed E-state index contributed by atoms with van der Waals surface area (Å²) < 4.78 is 2.94. The molecule has 0 radical (unpaired) electrons. The first kappa shape index (κ1) is 12.2. The van der Waals surface area contributed by atoms with Crippen LogP contribution in [0.4, 0.5) is 0 Å². The molecule has 0 spiro atoms. The summed E-state index contributed by atoms with van der Waals surface area (Å²) >= 11 is 3.47. The summed E-state index contributed by atoms with van der Waals surface area (Å²) in [5.41, 5.74) is 2.13. The highest BCUT2D eigenvalue weighted by Gasteiger charge is 2.15. The molecule has 4 heteroatoms. The molecule has 3 rings (SSSR count). The van der Waals surface area contributed by atoms with Gasteiger partial charge in [-0.25, -0.2) is 9.97 Å². The van der Waals surface area contributed by atoms with Crippen LogP contribution in [-0.4, -0.2) is 14.4 Å². The van der Waals surface area contributed by atoms with E-state index in [0.29, 0.717) is 0 Å². The van der Waals surface area contributed by atoms with E-state index in [1.807, 2.05) is 23.0 Å². The molecule has 2 aromatic heterocycles. The van der Waals surface area contributed by atoms with E-state index < -0.39 is 0 Å². The van der Waals surface area contributed by atoms with Gasteiger partial charge in [-0.1, -0.05) is 32.1 Å². The van der Waals surface area contributed by atoms with E-state index in [1.165, 1.54) is 38.5 Å². The van der Waals surface area contributed by atoms with Crippen LogP contribution in [-0.2, 0) is 6.42 Å². The SMILES string of the molecule is Brc1cn2ccnc2c(CCC2CCCCC2)n1. The Bertz CT molecular complexity index is 529. The maximum Gasteiger partial charge on any atom is 0.158 e. The quantitative estimate of drug-likeness (QED) is 0.858. The van der Waals surface area contributed by atoms with E-state index in [-0.39, 0.29) is 0 Å². The minimum absolute atomic E-state index is 0.895. The second-order valence-corrected chi connectivity index (χ2v) is 6.02. The molecule has 1 fully saturated rings. The molecule has 0 N–H and O–H groups in total. The third-order valence-electron chi connectivity index (χ3n) is 3.93. The Hall–Kier alpha value is -0.900. The van der Waals surface area contributed by atoms with Gasteiger partial charge in [-0.2, -0.15) is 0 Å². The van der Waals surface area contributed by atoms with Crippen LogP contribution in [0.25, 0.3) is 5.65 Å². The van der Waals surface area contributed by atoms with Crippen molar-refractivity contribution in [2.75, 3.05) is 0 Å². The zero-order valence-electron chi connectivity index (χ0n) is 10.5. The number of halogens is 1. The summed E-state index contributed by atoms with van der Waals surface area (Å²) in [6.07, 6.45) is 15.1. The molecule has 1 aliphatic rings. The molecule has 2 heterocycles. The molecule has 0 aliphatic heterocycles. The van der Waals surface area contributed by atoms with Crippen molar-refractivity contribution in [3.63, 3.8) is 0 Å². The summed E-state index contributed by atoms with van der Waals surface area (Å²) in [6.45, 7) is 0. The maximum atomic E-state index is 4.59. The van der Waals surface area contributed by atoms with Gasteiger partial charge in [-0.3, -0.25) is 0 Å². The molecule has 18 heavy (non-hydrogen) atoms. The largest absolute Gasteiger partial charge is 0.303 e. The fourth-order valence-corrected chi connectivity index (χ4v) is 3.38. The molecule has 2 aromatic rings. The van der Waals surface area contributed by atoms with E-state index in [2.05, 4.69) is 25.9 Å². The molecule has 96 valence electrons. The van der Waals surface area contributed by atoms with Crippen LogP contribution >= 0.6 is 15.9 Å². The summed E-state index contributed by atoms with van der Waals surface area (Å²) in [5, 5.41) is 0. The molecule has 1 saturated carbocycles. The Labute approximate surface area is 116 Å². The van der Waals surface area contributed by atoms with E-state index in [4.69, 9.17) is 0 Å². The van der Waals surface area contributed by atoms with E-state index in [9.17, 15) is 0 Å². The number of fused-ring (bicyclic) bond motifs is 1. The van der Waals surface area contributed by atoms with Crippen molar-refractivity contribution in [1.29, 1.82) is 0 Å². The number of imidazole rings is 1. The summed E-state index contributed by atoms with van der Waals surface area (Å²) in [6, 6.07) is 0. The third-order valence-corrected chi connectivity index (χ3v) is 4.31. The van der Waals surface area contributed by atoms with Gasteiger partial charge in [0.2, 0.25) is 0 Å². The van der Waals surface area contributed by atoms with E-state index >= 15 is 0 Å². The van der Waals surface area contributed by atoms with Crippen LogP contribution in [0.3, 0.4) is 0 Å². The van der Waals surface area contributed by atoms with Crippen LogP contribution in [0.15, 0.2) is 23.2 Å². The van der Waals surface area contributed by atoms with Gasteiger partial charge in [0.15, 0.2) is 5.65 Å². The number of aromatic nitrogens is 3. The van der Waals surface area contributed by atoms with Gasteiger partial charge in [0.25, 0.3) is 0 Å². The van der Waals surface area contributed by atoms with Gasteiger partial charge < -0.3 is 4.40 Å². The van der Waals surface area contributed by atoms with E-state index in [0.717, 1.165) is 28.3 Å². The van der Waals surface area contributed by atoms with Crippen molar-refractivity contribution >= 4 is 21.6 Å². The highest BCUT2D eigenvalue weighted by Crippen LogP contribution is 2.27. The standard InChI is InChI=1S/C14H18BrN3/c15-13-10-18-9-8-16-14(18)12(17-13)7-6-11-4-2-1-3-5-11/h8-11H,1-7H2. The molecule has 1 aliphatic carbocycles. The van der Waals surface area contributed by atoms with Crippen LogP contribution < -0.4 is 0 Å². The highest BCUT2D eigenvalue weighted by molar-refractivity contribution is 9.10. The normalized spacial score (nSPS) is 17.4. The minimum atomic E-state index is 0.895. The van der Waals surface area contributed by atoms with Crippen molar-refractivity contribution in [3.05, 3.63) is 28.9 Å². The molecule has 0 atom stereocenters. The fourth-order valence-electron chi connectivity index (χ4n) is 2.95. The Morgan fingerprint density at radius 3 is 2.94 bits per heavy atom. The van der Waals surface area contributed by atoms with Crippen molar-refractivity contribution in [3.8, 4) is 0 Å². The molecule has 0 amide bonds. The summed E-state index contributed by atoms with van der Waals surface area (Å²) in [4.78, 5) is 8.99. The first-order valence-corrected chi connectivity index (χ1v) is 7.60. The topological polar surface area (TPSA) is 30.2 Å². The van der Waals surface area contributed by atoms with Crippen LogP contribution in [0.2, 0.25) is 0 Å². The van der Waals surface area contributed by atoms with Crippen molar-refractivity contribution < 1.29 is 0 Å². The number of hydrogen-bond acceptors (Lipinski definition) is 2. The number of hydrogen-bond donors (Lipinski definition) is 0. The van der Waals surface area contributed by atoms with Gasteiger partial charge in [-0.15, -0.1) is 0 Å². The molecular formula is C14H18BrN3. The lowest BCUT2D eigenvalue weighted by Gasteiger charge is -2.21. The fraction of sp³-hybridized carbons (Fsp3) is 0.571. The monoisotopic (exact) mass is 307 g/mol. The first-order valence-electron chi connectivity index (χ1n) is 6.81. The lowest BCUT2D eigenvalue weighted by atomic mass is 9.86. The Balaban J connectivity index is 1.75.